The van der Waals surface area contributed by atoms with E-state index in [9.17, 15) is 0 Å². The number of nitriles is 1. The van der Waals surface area contributed by atoms with E-state index < -0.39 is 0 Å². The number of nitrogen functional groups attached to an aromatic ring is 1. The van der Waals surface area contributed by atoms with E-state index in [0.717, 1.165) is 0 Å². The van der Waals surface area contributed by atoms with Crippen LogP contribution in [-0.2, 0) is 0 Å². The van der Waals surface area contributed by atoms with Crippen molar-refractivity contribution in [2.75, 3.05) is 5.43 Å². The number of anilines is 1. The molecule has 1 aromatic rings. The van der Waals surface area contributed by atoms with Crippen LogP contribution < -0.4 is 11.3 Å². The third-order valence-corrected chi connectivity index (χ3v) is 0.904. The lowest BCUT2D eigenvalue weighted by molar-refractivity contribution is 1.08. The molecule has 0 fully saturated rings. The minimum atomic E-state index is 0.414. The minimum absolute atomic E-state index is 0.414. The van der Waals surface area contributed by atoms with Crippen LogP contribution in [0.2, 0.25) is 0 Å². The smallest absolute Gasteiger partial charge is 0.153 e. The van der Waals surface area contributed by atoms with Crippen molar-refractivity contribution in [2.45, 2.75) is 0 Å². The average molecular weight is 123 g/mol. The molecule has 0 radical (unpaired) electrons. The first-order valence-electron chi connectivity index (χ1n) is 2.28. The molecular formula is C4H5N5. The highest BCUT2D eigenvalue weighted by Gasteiger charge is 1.98. The van der Waals surface area contributed by atoms with E-state index in [1.165, 1.54) is 6.20 Å². The van der Waals surface area contributed by atoms with Crippen LogP contribution in [0.25, 0.3) is 0 Å². The van der Waals surface area contributed by atoms with Crippen molar-refractivity contribution < 1.29 is 0 Å². The Balaban J connectivity index is 3.02. The monoisotopic (exact) mass is 123 g/mol. The molecule has 9 heavy (non-hydrogen) atoms. The van der Waals surface area contributed by atoms with Gasteiger partial charge in [0.15, 0.2) is 5.82 Å². The predicted octanol–water partition coefficient (Wildman–Crippen LogP) is -0.433. The first-order chi connectivity index (χ1) is 4.38. The second-order valence-corrected chi connectivity index (χ2v) is 1.41. The molecular weight excluding hydrogens is 118 g/mol. The van der Waals surface area contributed by atoms with Crippen LogP contribution in [-0.4, -0.2) is 10.2 Å². The first kappa shape index (κ1) is 5.59. The van der Waals surface area contributed by atoms with Crippen LogP contribution in [0.3, 0.4) is 0 Å². The molecule has 0 aromatic carbocycles. The zero-order valence-electron chi connectivity index (χ0n) is 4.55. The van der Waals surface area contributed by atoms with Crippen LogP contribution in [0.4, 0.5) is 5.82 Å². The van der Waals surface area contributed by atoms with E-state index in [1.807, 2.05) is 6.07 Å². The van der Waals surface area contributed by atoms with Crippen LogP contribution in [0.15, 0.2) is 6.20 Å². The Hall–Kier alpha value is -1.54. The van der Waals surface area contributed by atoms with Gasteiger partial charge in [0, 0.05) is 0 Å². The van der Waals surface area contributed by atoms with Crippen LogP contribution in [0, 0.1) is 11.3 Å². The summed E-state index contributed by atoms with van der Waals surface area (Å²) in [6.45, 7) is 0. The fourth-order valence-electron chi connectivity index (χ4n) is 0.481. The van der Waals surface area contributed by atoms with Gasteiger partial charge in [-0.05, 0) is 0 Å². The number of nitrogens with one attached hydrogen (secondary N) is 2. The number of hydrogen-bond donors (Lipinski definition) is 3. The molecule has 0 aliphatic rings. The van der Waals surface area contributed by atoms with Gasteiger partial charge >= 0.3 is 0 Å². The van der Waals surface area contributed by atoms with Crippen molar-refractivity contribution in [3.8, 4) is 6.07 Å². The van der Waals surface area contributed by atoms with Crippen molar-refractivity contribution in [1.29, 1.82) is 5.26 Å². The van der Waals surface area contributed by atoms with Crippen molar-refractivity contribution in [3.05, 3.63) is 11.8 Å². The largest absolute Gasteiger partial charge is 0.308 e. The quantitative estimate of drug-likeness (QED) is 0.349. The minimum Gasteiger partial charge on any atom is -0.308 e. The number of hydrazine groups is 1. The van der Waals surface area contributed by atoms with Gasteiger partial charge in [0.05, 0.1) is 6.20 Å². The Morgan fingerprint density at radius 3 is 3.11 bits per heavy atom. The van der Waals surface area contributed by atoms with E-state index in [-0.39, 0.29) is 0 Å². The Labute approximate surface area is 51.4 Å². The van der Waals surface area contributed by atoms with Crippen LogP contribution in [0.1, 0.15) is 5.56 Å². The number of aromatic amines is 1. The Morgan fingerprint density at radius 2 is 2.67 bits per heavy atom. The molecule has 0 saturated heterocycles. The fourth-order valence-corrected chi connectivity index (χ4v) is 0.481. The number of H-pyrrole nitrogens is 1. The van der Waals surface area contributed by atoms with Crippen molar-refractivity contribution in [1.82, 2.24) is 10.2 Å². The molecule has 0 bridgehead atoms. The van der Waals surface area contributed by atoms with Gasteiger partial charge in [-0.15, -0.1) is 0 Å². The summed E-state index contributed by atoms with van der Waals surface area (Å²) in [5.41, 5.74) is 2.70. The number of nitrogens with two attached hydrogens (primary N) is 1. The summed E-state index contributed by atoms with van der Waals surface area (Å²) in [6.07, 6.45) is 1.40. The molecule has 0 saturated carbocycles. The molecule has 1 rings (SSSR count). The van der Waals surface area contributed by atoms with Gasteiger partial charge in [-0.25, -0.2) is 5.84 Å². The van der Waals surface area contributed by atoms with Gasteiger partial charge in [-0.2, -0.15) is 10.4 Å². The SMILES string of the molecule is N#Cc1cn[nH]c1NN. The molecule has 0 aliphatic carbocycles. The normalized spacial score (nSPS) is 8.44. The van der Waals surface area contributed by atoms with Gasteiger partial charge < -0.3 is 5.43 Å². The summed E-state index contributed by atoms with van der Waals surface area (Å²) in [5.74, 6) is 5.44. The number of aromatic nitrogens is 2. The Kier molecular flexibility index (Phi) is 1.34. The lowest BCUT2D eigenvalue weighted by Gasteiger charge is -1.90. The summed E-state index contributed by atoms with van der Waals surface area (Å²) < 4.78 is 0. The Bertz CT molecular complexity index is 231. The number of rotatable bonds is 1. The van der Waals surface area contributed by atoms with E-state index in [1.54, 1.807) is 0 Å². The third-order valence-electron chi connectivity index (χ3n) is 0.904. The topological polar surface area (TPSA) is 90.5 Å². The molecule has 1 heterocycles. The fraction of sp³-hybridized carbons (Fsp3) is 0. The van der Waals surface area contributed by atoms with Gasteiger partial charge in [0.25, 0.3) is 0 Å². The summed E-state index contributed by atoms with van der Waals surface area (Å²) in [4.78, 5) is 0. The van der Waals surface area contributed by atoms with Crippen LogP contribution >= 0.6 is 0 Å². The second kappa shape index (κ2) is 2.15. The Morgan fingerprint density at radius 1 is 1.89 bits per heavy atom. The molecule has 0 unspecified atom stereocenters. The standard InChI is InChI=1S/C4H5N5/c5-1-3-2-7-9-4(3)8-6/h2H,6H2,(H2,7,8,9). The molecule has 0 atom stereocenters. The van der Waals surface area contributed by atoms with Gasteiger partial charge in [-0.1, -0.05) is 0 Å². The number of nitrogens with zero attached hydrogens (tertiary/aromatic N) is 2. The molecule has 0 aliphatic heterocycles. The maximum atomic E-state index is 8.33. The van der Waals surface area contributed by atoms with Gasteiger partial charge in [0.2, 0.25) is 0 Å². The second-order valence-electron chi connectivity index (χ2n) is 1.41. The van der Waals surface area contributed by atoms with Gasteiger partial charge in [0.1, 0.15) is 11.6 Å². The van der Waals surface area contributed by atoms with Crippen molar-refractivity contribution in [2.24, 2.45) is 5.84 Å². The molecule has 5 nitrogen and oxygen atoms in total. The zero-order chi connectivity index (χ0) is 6.69. The summed E-state index contributed by atoms with van der Waals surface area (Å²) in [5, 5.41) is 14.4. The van der Waals surface area contributed by atoms with Gasteiger partial charge in [-0.3, -0.25) is 5.10 Å². The van der Waals surface area contributed by atoms with Crippen molar-refractivity contribution in [3.63, 3.8) is 0 Å². The molecule has 46 valence electrons. The summed E-state index contributed by atoms with van der Waals surface area (Å²) >= 11 is 0. The molecule has 0 amide bonds. The highest BCUT2D eigenvalue weighted by atomic mass is 15.3. The highest BCUT2D eigenvalue weighted by Crippen LogP contribution is 2.05. The van der Waals surface area contributed by atoms with E-state index in [4.69, 9.17) is 11.1 Å². The van der Waals surface area contributed by atoms with Crippen molar-refractivity contribution >= 4 is 5.82 Å². The van der Waals surface area contributed by atoms with E-state index >= 15 is 0 Å². The predicted molar refractivity (Wildman–Crippen MR) is 31.1 cm³/mol. The average Bonchev–Trinajstić information content (AvgIpc) is 2.33. The molecule has 1 aromatic heterocycles. The highest BCUT2D eigenvalue weighted by molar-refractivity contribution is 5.48. The maximum Gasteiger partial charge on any atom is 0.153 e. The first-order valence-corrected chi connectivity index (χ1v) is 2.28. The number of hydrogen-bond acceptors (Lipinski definition) is 4. The molecule has 4 N–H and O–H groups in total. The van der Waals surface area contributed by atoms with E-state index in [2.05, 4.69) is 15.6 Å². The van der Waals surface area contributed by atoms with Crippen LogP contribution in [0.5, 0.6) is 0 Å². The lowest BCUT2D eigenvalue weighted by atomic mass is 10.4. The molecule has 0 spiro atoms. The molecule has 5 heteroatoms. The summed E-state index contributed by atoms with van der Waals surface area (Å²) in [7, 11) is 0. The maximum absolute atomic E-state index is 8.33. The van der Waals surface area contributed by atoms with E-state index in [0.29, 0.717) is 11.4 Å². The summed E-state index contributed by atoms with van der Waals surface area (Å²) in [6, 6.07) is 1.89. The zero-order valence-corrected chi connectivity index (χ0v) is 4.55. The lowest BCUT2D eigenvalue weighted by Crippen LogP contribution is -2.08. The third kappa shape index (κ3) is 0.828.